The third-order valence-corrected chi connectivity index (χ3v) is 3.27. The Labute approximate surface area is 111 Å². The monoisotopic (exact) mass is 263 g/mol. The van der Waals surface area contributed by atoms with Crippen LogP contribution in [0.15, 0.2) is 30.3 Å². The second-order valence-corrected chi connectivity index (χ2v) is 4.74. The van der Waals surface area contributed by atoms with Gasteiger partial charge in [-0.1, -0.05) is 23.7 Å². The van der Waals surface area contributed by atoms with Crippen LogP contribution >= 0.6 is 11.6 Å². The molecular formula is C14H14ClNO2. The molecule has 1 N–H and O–H groups in total. The molecule has 2 rings (SSSR count). The summed E-state index contributed by atoms with van der Waals surface area (Å²) in [6, 6.07) is 9.28. The van der Waals surface area contributed by atoms with Gasteiger partial charge in [0, 0.05) is 23.0 Å². The predicted octanol–water partition coefficient (Wildman–Crippen LogP) is 3.50. The Balaban J connectivity index is 2.38. The number of carboxylic acid groups (broad SMARTS) is 1. The number of hydrogen-bond donors (Lipinski definition) is 1. The lowest BCUT2D eigenvalue weighted by molar-refractivity contribution is 0.0696. The average molecular weight is 264 g/mol. The van der Waals surface area contributed by atoms with Crippen molar-refractivity contribution in [1.29, 1.82) is 0 Å². The zero-order valence-electron chi connectivity index (χ0n) is 10.3. The molecule has 0 atom stereocenters. The number of carboxylic acids is 1. The van der Waals surface area contributed by atoms with Crippen molar-refractivity contribution in [1.82, 2.24) is 4.57 Å². The highest BCUT2D eigenvalue weighted by Gasteiger charge is 2.14. The molecule has 2 aromatic rings. The van der Waals surface area contributed by atoms with E-state index in [9.17, 15) is 4.79 Å². The van der Waals surface area contributed by atoms with Gasteiger partial charge >= 0.3 is 5.97 Å². The highest BCUT2D eigenvalue weighted by atomic mass is 35.5. The second kappa shape index (κ2) is 4.86. The summed E-state index contributed by atoms with van der Waals surface area (Å²) in [6.07, 6.45) is 0. The summed E-state index contributed by atoms with van der Waals surface area (Å²) in [5.41, 5.74) is 3.11. The Morgan fingerprint density at radius 1 is 1.33 bits per heavy atom. The highest BCUT2D eigenvalue weighted by molar-refractivity contribution is 6.30. The largest absolute Gasteiger partial charge is 0.478 e. The maximum Gasteiger partial charge on any atom is 0.337 e. The van der Waals surface area contributed by atoms with Gasteiger partial charge < -0.3 is 9.67 Å². The number of aromatic carboxylic acids is 1. The van der Waals surface area contributed by atoms with Crippen LogP contribution in [0.2, 0.25) is 5.02 Å². The van der Waals surface area contributed by atoms with Gasteiger partial charge in [0.05, 0.1) is 5.56 Å². The molecule has 4 heteroatoms. The number of hydrogen-bond acceptors (Lipinski definition) is 1. The molecule has 0 bridgehead atoms. The molecule has 18 heavy (non-hydrogen) atoms. The van der Waals surface area contributed by atoms with Crippen molar-refractivity contribution in [2.45, 2.75) is 20.4 Å². The highest BCUT2D eigenvalue weighted by Crippen LogP contribution is 2.18. The first-order chi connectivity index (χ1) is 8.49. The lowest BCUT2D eigenvalue weighted by atomic mass is 10.2. The Morgan fingerprint density at radius 2 is 2.06 bits per heavy atom. The summed E-state index contributed by atoms with van der Waals surface area (Å²) in [4.78, 5) is 11.1. The Morgan fingerprint density at radius 3 is 2.61 bits per heavy atom. The summed E-state index contributed by atoms with van der Waals surface area (Å²) in [5, 5.41) is 9.77. The van der Waals surface area contributed by atoms with E-state index in [1.807, 2.05) is 42.7 Å². The summed E-state index contributed by atoms with van der Waals surface area (Å²) in [7, 11) is 0. The zero-order chi connectivity index (χ0) is 13.3. The van der Waals surface area contributed by atoms with E-state index in [0.717, 1.165) is 17.0 Å². The number of benzene rings is 1. The molecule has 0 amide bonds. The molecule has 0 unspecified atom stereocenters. The molecule has 0 aliphatic heterocycles. The number of aromatic nitrogens is 1. The van der Waals surface area contributed by atoms with Crippen LogP contribution in [-0.4, -0.2) is 15.6 Å². The van der Waals surface area contributed by atoms with Crippen LogP contribution in [-0.2, 0) is 6.54 Å². The second-order valence-electron chi connectivity index (χ2n) is 4.31. The third-order valence-electron chi connectivity index (χ3n) is 3.03. The van der Waals surface area contributed by atoms with Gasteiger partial charge in [0.25, 0.3) is 0 Å². The van der Waals surface area contributed by atoms with E-state index in [-0.39, 0.29) is 0 Å². The SMILES string of the molecule is Cc1cc(C(=O)O)c(C)n1Cc1cccc(Cl)c1. The molecule has 0 fully saturated rings. The van der Waals surface area contributed by atoms with Crippen LogP contribution in [0, 0.1) is 13.8 Å². The number of nitrogens with zero attached hydrogens (tertiary/aromatic N) is 1. The fourth-order valence-electron chi connectivity index (χ4n) is 2.08. The summed E-state index contributed by atoms with van der Waals surface area (Å²) < 4.78 is 1.98. The van der Waals surface area contributed by atoms with Crippen LogP contribution in [0.25, 0.3) is 0 Å². The molecule has 3 nitrogen and oxygen atoms in total. The molecule has 0 radical (unpaired) electrons. The lowest BCUT2D eigenvalue weighted by Crippen LogP contribution is -2.05. The number of halogens is 1. The van der Waals surface area contributed by atoms with Crippen molar-refractivity contribution < 1.29 is 9.90 Å². The van der Waals surface area contributed by atoms with E-state index in [1.54, 1.807) is 6.07 Å². The first kappa shape index (κ1) is 12.7. The summed E-state index contributed by atoms with van der Waals surface area (Å²) in [5.74, 6) is -0.888. The number of aryl methyl sites for hydroxylation is 1. The van der Waals surface area contributed by atoms with Gasteiger partial charge in [-0.2, -0.15) is 0 Å². The first-order valence-corrected chi connectivity index (χ1v) is 6.01. The fourth-order valence-corrected chi connectivity index (χ4v) is 2.29. The topological polar surface area (TPSA) is 42.2 Å². The molecule has 1 aromatic carbocycles. The normalized spacial score (nSPS) is 10.6. The Kier molecular flexibility index (Phi) is 3.43. The van der Waals surface area contributed by atoms with Crippen LogP contribution < -0.4 is 0 Å². The van der Waals surface area contributed by atoms with Crippen molar-refractivity contribution in [3.63, 3.8) is 0 Å². The molecule has 1 aromatic heterocycles. The van der Waals surface area contributed by atoms with Gasteiger partial charge in [-0.15, -0.1) is 0 Å². The van der Waals surface area contributed by atoms with Gasteiger partial charge in [-0.05, 0) is 37.6 Å². The average Bonchev–Trinajstić information content (AvgIpc) is 2.57. The minimum Gasteiger partial charge on any atom is -0.478 e. The number of rotatable bonds is 3. The van der Waals surface area contributed by atoms with Crippen LogP contribution in [0.5, 0.6) is 0 Å². The van der Waals surface area contributed by atoms with Gasteiger partial charge in [0.2, 0.25) is 0 Å². The fraction of sp³-hybridized carbons (Fsp3) is 0.214. The standard InChI is InChI=1S/C14H14ClNO2/c1-9-6-13(14(17)18)10(2)16(9)8-11-4-3-5-12(15)7-11/h3-7H,8H2,1-2H3,(H,17,18). The van der Waals surface area contributed by atoms with Crippen molar-refractivity contribution in [3.8, 4) is 0 Å². The molecule has 0 spiro atoms. The predicted molar refractivity (Wildman–Crippen MR) is 71.4 cm³/mol. The molecule has 0 saturated heterocycles. The van der Waals surface area contributed by atoms with Gasteiger partial charge in [-0.3, -0.25) is 0 Å². The minimum absolute atomic E-state index is 0.356. The minimum atomic E-state index is -0.888. The molecule has 1 heterocycles. The van der Waals surface area contributed by atoms with Gasteiger partial charge in [-0.25, -0.2) is 4.79 Å². The van der Waals surface area contributed by atoms with Crippen molar-refractivity contribution in [2.24, 2.45) is 0 Å². The molecule has 94 valence electrons. The van der Waals surface area contributed by atoms with Crippen LogP contribution in [0.4, 0.5) is 0 Å². The molecule has 0 aliphatic carbocycles. The summed E-state index contributed by atoms with van der Waals surface area (Å²) in [6.45, 7) is 4.36. The molecule has 0 saturated carbocycles. The zero-order valence-corrected chi connectivity index (χ0v) is 11.0. The quantitative estimate of drug-likeness (QED) is 0.921. The van der Waals surface area contributed by atoms with E-state index in [2.05, 4.69) is 0 Å². The first-order valence-electron chi connectivity index (χ1n) is 5.63. The van der Waals surface area contributed by atoms with E-state index in [1.165, 1.54) is 0 Å². The van der Waals surface area contributed by atoms with Crippen LogP contribution in [0.3, 0.4) is 0 Å². The lowest BCUT2D eigenvalue weighted by Gasteiger charge is -2.09. The molecule has 0 aliphatic rings. The van der Waals surface area contributed by atoms with E-state index in [4.69, 9.17) is 16.7 Å². The maximum atomic E-state index is 11.1. The van der Waals surface area contributed by atoms with Gasteiger partial charge in [0.1, 0.15) is 0 Å². The smallest absolute Gasteiger partial charge is 0.337 e. The molecular weight excluding hydrogens is 250 g/mol. The van der Waals surface area contributed by atoms with Crippen molar-refractivity contribution in [3.05, 3.63) is 57.9 Å². The van der Waals surface area contributed by atoms with E-state index >= 15 is 0 Å². The number of carbonyl (C=O) groups is 1. The third kappa shape index (κ3) is 2.41. The van der Waals surface area contributed by atoms with Crippen LogP contribution in [0.1, 0.15) is 27.3 Å². The van der Waals surface area contributed by atoms with E-state index < -0.39 is 5.97 Å². The van der Waals surface area contributed by atoms with E-state index in [0.29, 0.717) is 17.1 Å². The Hall–Kier alpha value is -1.74. The maximum absolute atomic E-state index is 11.1. The van der Waals surface area contributed by atoms with Crippen molar-refractivity contribution in [2.75, 3.05) is 0 Å². The van der Waals surface area contributed by atoms with Gasteiger partial charge in [0.15, 0.2) is 0 Å². The summed E-state index contributed by atoms with van der Waals surface area (Å²) >= 11 is 5.94. The van der Waals surface area contributed by atoms with Crippen molar-refractivity contribution >= 4 is 17.6 Å². The Bertz CT molecular complexity index is 602.